The summed E-state index contributed by atoms with van der Waals surface area (Å²) >= 11 is 5.84. The highest BCUT2D eigenvalue weighted by atomic mass is 35.5. The molecule has 120 valence electrons. The smallest absolute Gasteiger partial charge is 0.347 e. The molecule has 2 aromatic carbocycles. The molecule has 1 aromatic heterocycles. The van der Waals surface area contributed by atoms with Crippen LogP contribution in [-0.4, -0.2) is 11.8 Å². The van der Waals surface area contributed by atoms with Crippen LogP contribution < -0.4 is 10.4 Å². The van der Waals surface area contributed by atoms with E-state index in [0.717, 1.165) is 0 Å². The van der Waals surface area contributed by atoms with Gasteiger partial charge in [0.25, 0.3) is 0 Å². The first-order valence-electron chi connectivity index (χ1n) is 7.00. The van der Waals surface area contributed by atoms with Gasteiger partial charge in [0.2, 0.25) is 0 Å². The topological polar surface area (TPSA) is 73.6 Å². The number of rotatable bonds is 3. The molecule has 1 heterocycles. The van der Waals surface area contributed by atoms with Crippen molar-refractivity contribution in [2.24, 2.45) is 0 Å². The summed E-state index contributed by atoms with van der Waals surface area (Å²) in [5, 5.41) is 0.980. The zero-order valence-corrected chi connectivity index (χ0v) is 13.3. The summed E-state index contributed by atoms with van der Waals surface area (Å²) in [6, 6.07) is 12.4. The average molecular weight is 343 g/mol. The van der Waals surface area contributed by atoms with Crippen molar-refractivity contribution in [3.05, 3.63) is 75.1 Å². The van der Waals surface area contributed by atoms with Gasteiger partial charge in [0.15, 0.2) is 5.78 Å². The first kappa shape index (κ1) is 16.0. The molecule has 0 aliphatic carbocycles. The number of Topliss-reactive ketones (excluding diaryl/α,β-unsaturated/α-hetero) is 1. The number of ketones is 1. The SMILES string of the molecule is CC(=O)c1cc2ccc(OC(=O)c3cccc(Cl)c3)cc2oc1=O. The van der Waals surface area contributed by atoms with Gasteiger partial charge in [-0.2, -0.15) is 0 Å². The minimum absolute atomic E-state index is 0.0221. The van der Waals surface area contributed by atoms with Crippen molar-refractivity contribution in [1.29, 1.82) is 0 Å². The van der Waals surface area contributed by atoms with E-state index in [9.17, 15) is 14.4 Å². The van der Waals surface area contributed by atoms with Crippen LogP contribution >= 0.6 is 11.6 Å². The van der Waals surface area contributed by atoms with Crippen LogP contribution in [0.5, 0.6) is 5.75 Å². The van der Waals surface area contributed by atoms with Crippen molar-refractivity contribution in [3.63, 3.8) is 0 Å². The summed E-state index contributed by atoms with van der Waals surface area (Å²) in [5.41, 5.74) is -0.225. The third-order valence-corrected chi connectivity index (χ3v) is 3.59. The molecule has 0 saturated carbocycles. The first-order valence-corrected chi connectivity index (χ1v) is 7.38. The predicted molar refractivity (Wildman–Crippen MR) is 88.9 cm³/mol. The van der Waals surface area contributed by atoms with Gasteiger partial charge in [-0.1, -0.05) is 17.7 Å². The van der Waals surface area contributed by atoms with E-state index in [1.807, 2.05) is 0 Å². The van der Waals surface area contributed by atoms with Crippen molar-refractivity contribution in [2.45, 2.75) is 6.92 Å². The second kappa shape index (κ2) is 6.29. The van der Waals surface area contributed by atoms with Crippen LogP contribution in [0.15, 0.2) is 57.7 Å². The lowest BCUT2D eigenvalue weighted by Gasteiger charge is -2.06. The van der Waals surface area contributed by atoms with Gasteiger partial charge in [0.1, 0.15) is 16.9 Å². The summed E-state index contributed by atoms with van der Waals surface area (Å²) in [7, 11) is 0. The fourth-order valence-corrected chi connectivity index (χ4v) is 2.37. The molecule has 5 nitrogen and oxygen atoms in total. The fourth-order valence-electron chi connectivity index (χ4n) is 2.18. The molecule has 0 N–H and O–H groups in total. The minimum atomic E-state index is -0.728. The normalized spacial score (nSPS) is 10.6. The first-order chi connectivity index (χ1) is 11.4. The molecule has 0 aliphatic heterocycles. The third kappa shape index (κ3) is 3.21. The summed E-state index contributed by atoms with van der Waals surface area (Å²) in [6.07, 6.45) is 0. The maximum atomic E-state index is 12.1. The van der Waals surface area contributed by atoms with Crippen molar-refractivity contribution < 1.29 is 18.7 Å². The number of halogens is 1. The number of hydrogen-bond donors (Lipinski definition) is 0. The molecule has 0 fully saturated rings. The zero-order chi connectivity index (χ0) is 17.3. The fraction of sp³-hybridized carbons (Fsp3) is 0.0556. The van der Waals surface area contributed by atoms with Crippen molar-refractivity contribution in [3.8, 4) is 5.75 Å². The molecule has 0 spiro atoms. The Bertz CT molecular complexity index is 1020. The highest BCUT2D eigenvalue weighted by molar-refractivity contribution is 6.30. The Morgan fingerprint density at radius 2 is 1.88 bits per heavy atom. The maximum absolute atomic E-state index is 12.1. The summed E-state index contributed by atoms with van der Waals surface area (Å²) in [6.45, 7) is 1.29. The van der Waals surface area contributed by atoms with Crippen molar-refractivity contribution >= 4 is 34.3 Å². The second-order valence-electron chi connectivity index (χ2n) is 5.10. The number of fused-ring (bicyclic) bond motifs is 1. The van der Waals surface area contributed by atoms with Gasteiger partial charge < -0.3 is 9.15 Å². The lowest BCUT2D eigenvalue weighted by atomic mass is 10.1. The van der Waals surface area contributed by atoms with Gasteiger partial charge >= 0.3 is 11.6 Å². The van der Waals surface area contributed by atoms with Crippen LogP contribution in [0, 0.1) is 0 Å². The molecule has 24 heavy (non-hydrogen) atoms. The van der Waals surface area contributed by atoms with E-state index >= 15 is 0 Å². The molecule has 0 aliphatic rings. The maximum Gasteiger partial charge on any atom is 0.347 e. The molecule has 0 bridgehead atoms. The largest absolute Gasteiger partial charge is 0.423 e. The monoisotopic (exact) mass is 342 g/mol. The number of esters is 1. The lowest BCUT2D eigenvalue weighted by molar-refractivity contribution is 0.0734. The van der Waals surface area contributed by atoms with Crippen LogP contribution in [-0.2, 0) is 0 Å². The summed E-state index contributed by atoms with van der Waals surface area (Å²) in [4.78, 5) is 35.2. The van der Waals surface area contributed by atoms with E-state index in [1.54, 1.807) is 30.3 Å². The molecule has 0 amide bonds. The van der Waals surface area contributed by atoms with E-state index in [-0.39, 0.29) is 22.7 Å². The highest BCUT2D eigenvalue weighted by Gasteiger charge is 2.12. The van der Waals surface area contributed by atoms with Crippen LogP contribution in [0.25, 0.3) is 11.0 Å². The predicted octanol–water partition coefficient (Wildman–Crippen LogP) is 3.87. The standard InChI is InChI=1S/C18H11ClO5/c1-10(20)15-8-11-5-6-14(9-16(11)24-18(15)22)23-17(21)12-3-2-4-13(19)7-12/h2-9H,1H3. The molecule has 0 radical (unpaired) electrons. The molecule has 0 atom stereocenters. The second-order valence-corrected chi connectivity index (χ2v) is 5.54. The Morgan fingerprint density at radius 1 is 1.08 bits per heavy atom. The van der Waals surface area contributed by atoms with Crippen molar-refractivity contribution in [2.75, 3.05) is 0 Å². The van der Waals surface area contributed by atoms with Gasteiger partial charge in [-0.05, 0) is 43.3 Å². The van der Waals surface area contributed by atoms with Gasteiger partial charge in [-0.25, -0.2) is 9.59 Å². The molecule has 6 heteroatoms. The highest BCUT2D eigenvalue weighted by Crippen LogP contribution is 2.22. The Hall–Kier alpha value is -2.92. The average Bonchev–Trinajstić information content (AvgIpc) is 2.53. The molecule has 0 saturated heterocycles. The number of ether oxygens (including phenoxy) is 1. The third-order valence-electron chi connectivity index (χ3n) is 3.36. The molecular formula is C18H11ClO5. The van der Waals surface area contributed by atoms with Crippen LogP contribution in [0.3, 0.4) is 0 Å². The van der Waals surface area contributed by atoms with E-state index in [1.165, 1.54) is 25.1 Å². The lowest BCUT2D eigenvalue weighted by Crippen LogP contribution is -2.11. The quantitative estimate of drug-likeness (QED) is 0.312. The van der Waals surface area contributed by atoms with E-state index in [2.05, 4.69) is 0 Å². The Morgan fingerprint density at radius 3 is 2.58 bits per heavy atom. The minimum Gasteiger partial charge on any atom is -0.423 e. The van der Waals surface area contributed by atoms with Crippen LogP contribution in [0.1, 0.15) is 27.6 Å². The van der Waals surface area contributed by atoms with Crippen LogP contribution in [0.2, 0.25) is 5.02 Å². The number of carbonyl (C=O) groups excluding carboxylic acids is 2. The zero-order valence-electron chi connectivity index (χ0n) is 12.5. The van der Waals surface area contributed by atoms with E-state index in [4.69, 9.17) is 20.8 Å². The number of hydrogen-bond acceptors (Lipinski definition) is 5. The van der Waals surface area contributed by atoms with Gasteiger partial charge in [-0.15, -0.1) is 0 Å². The van der Waals surface area contributed by atoms with Crippen molar-refractivity contribution in [1.82, 2.24) is 0 Å². The Balaban J connectivity index is 1.93. The van der Waals surface area contributed by atoms with Crippen LogP contribution in [0.4, 0.5) is 0 Å². The molecule has 3 aromatic rings. The number of carbonyl (C=O) groups is 2. The summed E-state index contributed by atoms with van der Waals surface area (Å²) in [5.74, 6) is -0.743. The van der Waals surface area contributed by atoms with E-state index in [0.29, 0.717) is 16.0 Å². The van der Waals surface area contributed by atoms with Gasteiger partial charge in [0, 0.05) is 16.5 Å². The molecule has 3 rings (SSSR count). The Kier molecular flexibility index (Phi) is 4.18. The molecule has 0 unspecified atom stereocenters. The van der Waals surface area contributed by atoms with Gasteiger partial charge in [0.05, 0.1) is 5.56 Å². The summed E-state index contributed by atoms with van der Waals surface area (Å²) < 4.78 is 10.4. The Labute approximate surface area is 141 Å². The number of benzene rings is 2. The van der Waals surface area contributed by atoms with Gasteiger partial charge in [-0.3, -0.25) is 4.79 Å². The molecular weight excluding hydrogens is 332 g/mol. The van der Waals surface area contributed by atoms with E-state index < -0.39 is 11.6 Å².